The number of fused-ring (bicyclic) bond motifs is 1. The molecule has 4 heteroatoms. The average Bonchev–Trinajstić information content (AvgIpc) is 3.27. The first kappa shape index (κ1) is 19.8. The third-order valence-electron chi connectivity index (χ3n) is 7.12. The van der Waals surface area contributed by atoms with Gasteiger partial charge in [-0.2, -0.15) is 0 Å². The minimum Gasteiger partial charge on any atom is -0.464 e. The molecule has 1 saturated carbocycles. The molecule has 0 bridgehead atoms. The lowest BCUT2D eigenvalue weighted by molar-refractivity contribution is -0.0315. The van der Waals surface area contributed by atoms with E-state index in [0.717, 1.165) is 69.4 Å². The smallest absolute Gasteiger partial charge is 0.133 e. The van der Waals surface area contributed by atoms with Crippen LogP contribution in [-0.4, -0.2) is 48.3 Å². The lowest BCUT2D eigenvalue weighted by atomic mass is 9.71. The number of furan rings is 1. The van der Waals surface area contributed by atoms with Crippen LogP contribution in [0.5, 0.6) is 0 Å². The zero-order chi connectivity index (χ0) is 20.4. The number of benzene rings is 2. The number of rotatable bonds is 5. The van der Waals surface area contributed by atoms with Gasteiger partial charge in [-0.15, -0.1) is 0 Å². The van der Waals surface area contributed by atoms with Crippen LogP contribution < -0.4 is 5.32 Å². The molecule has 1 aromatic heterocycles. The molecule has 2 aromatic carbocycles. The van der Waals surface area contributed by atoms with Gasteiger partial charge in [-0.3, -0.25) is 0 Å². The molecule has 1 atom stereocenters. The summed E-state index contributed by atoms with van der Waals surface area (Å²) in [6.07, 6.45) is 7.03. The number of aliphatic hydroxyl groups is 1. The number of nitrogens with zero attached hydrogens (tertiary/aromatic N) is 1. The van der Waals surface area contributed by atoms with E-state index in [2.05, 4.69) is 52.7 Å². The van der Waals surface area contributed by atoms with Gasteiger partial charge in [0.25, 0.3) is 0 Å². The minimum absolute atomic E-state index is 0.118. The highest BCUT2D eigenvalue weighted by Gasteiger charge is 2.40. The average molecular weight is 405 g/mol. The maximum atomic E-state index is 11.9. The normalized spacial score (nSPS) is 21.0. The SMILES string of the molecule is OC1(C(CN2CCNCC2)c2ccccc2-c2ccc3occc3c2)CCCCC1. The molecule has 2 N–H and O–H groups in total. The van der Waals surface area contributed by atoms with Crippen LogP contribution in [0.3, 0.4) is 0 Å². The van der Waals surface area contributed by atoms with Gasteiger partial charge in [0, 0.05) is 44.0 Å². The van der Waals surface area contributed by atoms with Crippen LogP contribution in [0.1, 0.15) is 43.6 Å². The Labute approximate surface area is 178 Å². The van der Waals surface area contributed by atoms with Crippen molar-refractivity contribution in [1.82, 2.24) is 10.2 Å². The standard InChI is InChI=1S/C26H32N2O2/c29-26(11-4-1-5-12-26)24(19-28-15-13-27-14-16-28)23-7-3-2-6-22(23)20-8-9-25-21(18-20)10-17-30-25/h2-3,6-10,17-18,24,27,29H,1,4-5,11-16,19H2. The summed E-state index contributed by atoms with van der Waals surface area (Å²) in [7, 11) is 0. The van der Waals surface area contributed by atoms with E-state index in [-0.39, 0.29) is 5.92 Å². The van der Waals surface area contributed by atoms with Gasteiger partial charge in [0.05, 0.1) is 11.9 Å². The molecule has 1 unspecified atom stereocenters. The molecule has 1 aliphatic carbocycles. The number of nitrogens with one attached hydrogen (secondary N) is 1. The predicted octanol–water partition coefficient (Wildman–Crippen LogP) is 4.78. The molecular formula is C26H32N2O2. The monoisotopic (exact) mass is 404 g/mol. The van der Waals surface area contributed by atoms with Crippen LogP contribution in [0.2, 0.25) is 0 Å². The third-order valence-corrected chi connectivity index (χ3v) is 7.12. The Balaban J connectivity index is 1.56. The Bertz CT molecular complexity index is 983. The Hall–Kier alpha value is -2.14. The van der Waals surface area contributed by atoms with Crippen molar-refractivity contribution in [2.45, 2.75) is 43.6 Å². The van der Waals surface area contributed by atoms with Gasteiger partial charge < -0.3 is 19.7 Å². The Kier molecular flexibility index (Phi) is 5.64. The van der Waals surface area contributed by atoms with Crippen molar-refractivity contribution < 1.29 is 9.52 Å². The van der Waals surface area contributed by atoms with E-state index in [1.165, 1.54) is 23.1 Å². The highest BCUT2D eigenvalue weighted by molar-refractivity contribution is 5.84. The van der Waals surface area contributed by atoms with E-state index in [9.17, 15) is 5.11 Å². The number of hydrogen-bond acceptors (Lipinski definition) is 4. The van der Waals surface area contributed by atoms with Crippen LogP contribution in [0.4, 0.5) is 0 Å². The highest BCUT2D eigenvalue weighted by Crippen LogP contribution is 2.43. The molecule has 2 heterocycles. The molecule has 2 aliphatic rings. The molecule has 2 fully saturated rings. The first-order chi connectivity index (χ1) is 14.7. The van der Waals surface area contributed by atoms with Gasteiger partial charge in [-0.1, -0.05) is 49.6 Å². The van der Waals surface area contributed by atoms with Crippen molar-refractivity contribution in [3.05, 3.63) is 60.4 Å². The molecule has 5 rings (SSSR count). The van der Waals surface area contributed by atoms with Crippen LogP contribution >= 0.6 is 0 Å². The zero-order valence-electron chi connectivity index (χ0n) is 17.6. The largest absolute Gasteiger partial charge is 0.464 e. The van der Waals surface area contributed by atoms with Crippen molar-refractivity contribution >= 4 is 11.0 Å². The van der Waals surface area contributed by atoms with Gasteiger partial charge >= 0.3 is 0 Å². The van der Waals surface area contributed by atoms with Gasteiger partial charge in [0.2, 0.25) is 0 Å². The molecule has 3 aromatic rings. The molecule has 0 amide bonds. The van der Waals surface area contributed by atoms with E-state index in [1.807, 2.05) is 6.07 Å². The van der Waals surface area contributed by atoms with E-state index >= 15 is 0 Å². The molecule has 30 heavy (non-hydrogen) atoms. The Morgan fingerprint density at radius 3 is 2.63 bits per heavy atom. The second kappa shape index (κ2) is 8.54. The zero-order valence-corrected chi connectivity index (χ0v) is 17.6. The van der Waals surface area contributed by atoms with Crippen molar-refractivity contribution in [1.29, 1.82) is 0 Å². The molecular weight excluding hydrogens is 372 g/mol. The molecule has 4 nitrogen and oxygen atoms in total. The van der Waals surface area contributed by atoms with Crippen LogP contribution in [0.15, 0.2) is 59.2 Å². The number of piperazine rings is 1. The van der Waals surface area contributed by atoms with Gasteiger partial charge in [0.15, 0.2) is 0 Å². The highest BCUT2D eigenvalue weighted by atomic mass is 16.3. The fourth-order valence-electron chi connectivity index (χ4n) is 5.42. The summed E-state index contributed by atoms with van der Waals surface area (Å²) in [5.41, 5.74) is 4.01. The van der Waals surface area contributed by atoms with Crippen molar-refractivity contribution in [3.8, 4) is 11.1 Å². The van der Waals surface area contributed by atoms with E-state index in [4.69, 9.17) is 4.42 Å². The summed E-state index contributed by atoms with van der Waals surface area (Å²) < 4.78 is 5.55. The first-order valence-electron chi connectivity index (χ1n) is 11.4. The second-order valence-electron chi connectivity index (χ2n) is 9.03. The van der Waals surface area contributed by atoms with Crippen LogP contribution in [0.25, 0.3) is 22.1 Å². The van der Waals surface area contributed by atoms with Gasteiger partial charge in [-0.05, 0) is 47.7 Å². The van der Waals surface area contributed by atoms with Crippen molar-refractivity contribution in [2.75, 3.05) is 32.7 Å². The second-order valence-corrected chi connectivity index (χ2v) is 9.03. The molecule has 1 aliphatic heterocycles. The lowest BCUT2D eigenvalue weighted by Gasteiger charge is -2.43. The molecule has 158 valence electrons. The molecule has 0 spiro atoms. The van der Waals surface area contributed by atoms with E-state index in [1.54, 1.807) is 6.26 Å². The third kappa shape index (κ3) is 3.92. The predicted molar refractivity (Wildman–Crippen MR) is 122 cm³/mol. The number of hydrogen-bond donors (Lipinski definition) is 2. The summed E-state index contributed by atoms with van der Waals surface area (Å²) in [6.45, 7) is 5.09. The fourth-order valence-corrected chi connectivity index (χ4v) is 5.42. The summed E-state index contributed by atoms with van der Waals surface area (Å²) in [4.78, 5) is 2.53. The molecule has 0 radical (unpaired) electrons. The van der Waals surface area contributed by atoms with Gasteiger partial charge in [0.1, 0.15) is 5.58 Å². The first-order valence-corrected chi connectivity index (χ1v) is 11.4. The lowest BCUT2D eigenvalue weighted by Crippen LogP contribution is -2.49. The summed E-state index contributed by atoms with van der Waals surface area (Å²) in [5, 5.41) is 16.4. The topological polar surface area (TPSA) is 48.6 Å². The quantitative estimate of drug-likeness (QED) is 0.642. The van der Waals surface area contributed by atoms with E-state index < -0.39 is 5.60 Å². The summed E-state index contributed by atoms with van der Waals surface area (Å²) in [5.74, 6) is 0.118. The van der Waals surface area contributed by atoms with E-state index in [0.29, 0.717) is 0 Å². The van der Waals surface area contributed by atoms with Crippen LogP contribution in [-0.2, 0) is 0 Å². The fraction of sp³-hybridized carbons (Fsp3) is 0.462. The van der Waals surface area contributed by atoms with Crippen LogP contribution in [0, 0.1) is 0 Å². The van der Waals surface area contributed by atoms with Crippen molar-refractivity contribution in [2.24, 2.45) is 0 Å². The van der Waals surface area contributed by atoms with Crippen molar-refractivity contribution in [3.63, 3.8) is 0 Å². The minimum atomic E-state index is -0.626. The summed E-state index contributed by atoms with van der Waals surface area (Å²) in [6, 6.07) is 17.2. The maximum absolute atomic E-state index is 11.9. The Morgan fingerprint density at radius 1 is 1.00 bits per heavy atom. The summed E-state index contributed by atoms with van der Waals surface area (Å²) >= 11 is 0. The Morgan fingerprint density at radius 2 is 1.80 bits per heavy atom. The maximum Gasteiger partial charge on any atom is 0.133 e. The van der Waals surface area contributed by atoms with Gasteiger partial charge in [-0.25, -0.2) is 0 Å². The molecule has 1 saturated heterocycles.